The largest absolute Gasteiger partial charge is 0.487 e. The Morgan fingerprint density at radius 1 is 1.06 bits per heavy atom. The molecule has 0 amide bonds. The summed E-state index contributed by atoms with van der Waals surface area (Å²) < 4.78 is 34.2. The van der Waals surface area contributed by atoms with Gasteiger partial charge in [0.2, 0.25) is 0 Å². The number of benzene rings is 1. The molecule has 2 unspecified atom stereocenters. The fourth-order valence-corrected chi connectivity index (χ4v) is 3.65. The molecule has 0 aromatic heterocycles. The fourth-order valence-electron chi connectivity index (χ4n) is 3.45. The maximum atomic E-state index is 14.4. The van der Waals surface area contributed by atoms with E-state index in [1.807, 2.05) is 71.3 Å². The monoisotopic (exact) mass is 493 g/mol. The van der Waals surface area contributed by atoms with Crippen LogP contribution in [0.4, 0.5) is 8.78 Å². The Balaban J connectivity index is 0. The minimum Gasteiger partial charge on any atom is -0.487 e. The summed E-state index contributed by atoms with van der Waals surface area (Å²) in [6.45, 7) is 22.1. The molecule has 3 rings (SSSR count). The van der Waals surface area contributed by atoms with E-state index in [0.29, 0.717) is 29.9 Å². The average molecular weight is 494 g/mol. The van der Waals surface area contributed by atoms with Crippen molar-refractivity contribution in [2.75, 3.05) is 26.0 Å². The van der Waals surface area contributed by atoms with Crippen LogP contribution in [0.5, 0.6) is 5.75 Å². The van der Waals surface area contributed by atoms with Crippen LogP contribution in [-0.4, -0.2) is 26.0 Å². The van der Waals surface area contributed by atoms with Crippen molar-refractivity contribution in [3.63, 3.8) is 0 Å². The van der Waals surface area contributed by atoms with Gasteiger partial charge in [-0.05, 0) is 86.2 Å². The van der Waals surface area contributed by atoms with E-state index in [2.05, 4.69) is 25.1 Å². The number of piperidine rings is 1. The first-order chi connectivity index (χ1) is 16.0. The second kappa shape index (κ2) is 19.2. The van der Waals surface area contributed by atoms with Crippen LogP contribution in [0, 0.1) is 29.4 Å². The van der Waals surface area contributed by atoms with Gasteiger partial charge in [0, 0.05) is 5.92 Å². The lowest BCUT2D eigenvalue weighted by molar-refractivity contribution is 0.255. The minimum absolute atomic E-state index is 0. The Morgan fingerprint density at radius 3 is 1.97 bits per heavy atom. The summed E-state index contributed by atoms with van der Waals surface area (Å²) in [5.74, 6) is 0.0519. The van der Waals surface area contributed by atoms with E-state index in [4.69, 9.17) is 4.74 Å². The van der Waals surface area contributed by atoms with Gasteiger partial charge in [-0.1, -0.05) is 52.2 Å². The molecular weight excluding hydrogens is 448 g/mol. The number of hydrogen-bond donors (Lipinski definition) is 1. The molecule has 1 N–H and O–H groups in total. The number of nitrogens with one attached hydrogen (secondary N) is 1. The Bertz CT molecular complexity index is 779. The SMILES string of the molecule is C.C=C.C=C(/C=C\C(=C/C)c1cc(F)c(OCC2C3CNCC32)c(F)c1)SC.CC.CC=CC. The van der Waals surface area contributed by atoms with Crippen LogP contribution in [0.15, 0.2) is 67.2 Å². The van der Waals surface area contributed by atoms with E-state index in [0.717, 1.165) is 23.6 Å². The summed E-state index contributed by atoms with van der Waals surface area (Å²) in [6, 6.07) is 2.66. The van der Waals surface area contributed by atoms with Crippen LogP contribution in [0.25, 0.3) is 5.57 Å². The highest BCUT2D eigenvalue weighted by atomic mass is 32.2. The number of allylic oxidation sites excluding steroid dienone is 6. The van der Waals surface area contributed by atoms with E-state index in [1.165, 1.54) is 23.9 Å². The van der Waals surface area contributed by atoms with Crippen LogP contribution in [0.1, 0.15) is 47.6 Å². The van der Waals surface area contributed by atoms with Crippen molar-refractivity contribution < 1.29 is 13.5 Å². The molecule has 1 aliphatic carbocycles. The third-order valence-electron chi connectivity index (χ3n) is 5.38. The first kappa shape index (κ1) is 34.1. The number of fused-ring (bicyclic) bond motifs is 1. The number of thioether (sulfide) groups is 1. The number of halogens is 2. The molecule has 192 valence electrons. The van der Waals surface area contributed by atoms with Crippen molar-refractivity contribution in [1.29, 1.82) is 0 Å². The van der Waals surface area contributed by atoms with Gasteiger partial charge in [0.25, 0.3) is 0 Å². The molecule has 2 atom stereocenters. The molecule has 0 spiro atoms. The predicted octanol–water partition coefficient (Wildman–Crippen LogP) is 8.69. The van der Waals surface area contributed by atoms with Gasteiger partial charge in [0.05, 0.1) is 6.61 Å². The quantitative estimate of drug-likeness (QED) is 0.303. The first-order valence-corrected chi connectivity index (χ1v) is 12.7. The maximum Gasteiger partial charge on any atom is 0.190 e. The molecule has 1 heterocycles. The summed E-state index contributed by atoms with van der Waals surface area (Å²) in [4.78, 5) is 0.879. The molecule has 1 aromatic carbocycles. The van der Waals surface area contributed by atoms with E-state index < -0.39 is 11.6 Å². The van der Waals surface area contributed by atoms with Crippen molar-refractivity contribution >= 4 is 17.3 Å². The molecule has 2 fully saturated rings. The molecule has 1 aliphatic heterocycles. The van der Waals surface area contributed by atoms with Gasteiger partial charge in [-0.25, -0.2) is 8.78 Å². The zero-order valence-corrected chi connectivity index (χ0v) is 21.9. The van der Waals surface area contributed by atoms with E-state index in [1.54, 1.807) is 0 Å². The lowest BCUT2D eigenvalue weighted by Crippen LogP contribution is -2.18. The minimum atomic E-state index is -0.657. The molecule has 1 saturated heterocycles. The topological polar surface area (TPSA) is 21.3 Å². The van der Waals surface area contributed by atoms with Gasteiger partial charge in [-0.3, -0.25) is 0 Å². The van der Waals surface area contributed by atoms with Gasteiger partial charge in [-0.15, -0.1) is 24.9 Å². The molecule has 1 aromatic rings. The van der Waals surface area contributed by atoms with Gasteiger partial charge < -0.3 is 10.1 Å². The second-order valence-corrected chi connectivity index (χ2v) is 8.08. The highest BCUT2D eigenvalue weighted by molar-refractivity contribution is 8.02. The van der Waals surface area contributed by atoms with Crippen molar-refractivity contribution in [2.45, 2.75) is 42.0 Å². The molecule has 0 radical (unpaired) electrons. The lowest BCUT2D eigenvalue weighted by Gasteiger charge is -2.12. The zero-order chi connectivity index (χ0) is 25.4. The van der Waals surface area contributed by atoms with Crippen LogP contribution in [0.3, 0.4) is 0 Å². The van der Waals surface area contributed by atoms with Crippen molar-refractivity contribution in [3.05, 3.63) is 84.4 Å². The average Bonchev–Trinajstić information content (AvgIpc) is 3.27. The highest BCUT2D eigenvalue weighted by Crippen LogP contribution is 2.48. The van der Waals surface area contributed by atoms with E-state index in [9.17, 15) is 8.78 Å². The van der Waals surface area contributed by atoms with Crippen LogP contribution in [-0.2, 0) is 0 Å². The second-order valence-electron chi connectivity index (χ2n) is 7.14. The maximum absolute atomic E-state index is 14.4. The molecule has 0 bridgehead atoms. The predicted molar refractivity (Wildman–Crippen MR) is 150 cm³/mol. The summed E-state index contributed by atoms with van der Waals surface area (Å²) in [5, 5.41) is 3.30. The third-order valence-corrected chi connectivity index (χ3v) is 6.04. The van der Waals surface area contributed by atoms with Gasteiger partial charge in [0.1, 0.15) is 0 Å². The molecule has 2 aliphatic rings. The smallest absolute Gasteiger partial charge is 0.190 e. The van der Waals surface area contributed by atoms with E-state index >= 15 is 0 Å². The van der Waals surface area contributed by atoms with Crippen LogP contribution in [0.2, 0.25) is 0 Å². The summed E-state index contributed by atoms with van der Waals surface area (Å²) in [5.41, 5.74) is 1.23. The number of hydrogen-bond acceptors (Lipinski definition) is 3. The summed E-state index contributed by atoms with van der Waals surface area (Å²) >= 11 is 1.52. The van der Waals surface area contributed by atoms with Gasteiger partial charge >= 0.3 is 0 Å². The Hall–Kier alpha value is -2.11. The number of ether oxygens (including phenoxy) is 1. The third kappa shape index (κ3) is 10.4. The summed E-state index contributed by atoms with van der Waals surface area (Å²) in [6.07, 6.45) is 11.4. The van der Waals surface area contributed by atoms with Crippen LogP contribution >= 0.6 is 11.8 Å². The van der Waals surface area contributed by atoms with Crippen molar-refractivity contribution in [2.24, 2.45) is 17.8 Å². The Kier molecular flexibility index (Phi) is 19.3. The first-order valence-electron chi connectivity index (χ1n) is 11.4. The molecule has 34 heavy (non-hydrogen) atoms. The number of rotatable bonds is 7. The molecule has 1 saturated carbocycles. The Labute approximate surface area is 212 Å². The standard InChI is InChI=1S/C20H23F2NOS.C4H8.C2H6.C2H4.CH4/c1-4-13(6-5-12(2)25-3)14-7-18(21)20(19(22)8-14)24-11-17-15-9-23-10-16(15)17;1-3-4-2;2*1-2;/h4-8,15-17,23H,2,9-11H2,1,3H3;3-4H,1-2H3;1-2H3;1-2H2;1H4/b6-5-,13-4+;;;;. The summed E-state index contributed by atoms with van der Waals surface area (Å²) in [7, 11) is 0. The van der Waals surface area contributed by atoms with Gasteiger partial charge in [-0.2, -0.15) is 0 Å². The van der Waals surface area contributed by atoms with Crippen molar-refractivity contribution in [3.8, 4) is 5.75 Å². The molecule has 2 nitrogen and oxygen atoms in total. The highest BCUT2D eigenvalue weighted by Gasteiger charge is 2.53. The van der Waals surface area contributed by atoms with Crippen LogP contribution < -0.4 is 10.1 Å². The zero-order valence-electron chi connectivity index (χ0n) is 21.1. The van der Waals surface area contributed by atoms with Crippen molar-refractivity contribution in [1.82, 2.24) is 5.32 Å². The fraction of sp³-hybridized carbons (Fsp3) is 0.448. The molecule has 5 heteroatoms. The lowest BCUT2D eigenvalue weighted by atomic mass is 10.0. The Morgan fingerprint density at radius 2 is 1.56 bits per heavy atom. The van der Waals surface area contributed by atoms with E-state index in [-0.39, 0.29) is 13.2 Å². The normalized spacial score (nSPS) is 20.0. The van der Waals surface area contributed by atoms with Gasteiger partial charge in [0.15, 0.2) is 17.4 Å². The molecular formula is C29H45F2NOS.